The molecule has 0 saturated carbocycles. The number of carbonyl (C=O) groups excluding carboxylic acids is 1. The van der Waals surface area contributed by atoms with E-state index in [4.69, 9.17) is 4.74 Å². The lowest BCUT2D eigenvalue weighted by Crippen LogP contribution is -2.43. The fourth-order valence-corrected chi connectivity index (χ4v) is 1.43. The van der Waals surface area contributed by atoms with Crippen LogP contribution in [-0.4, -0.2) is 16.7 Å². The van der Waals surface area contributed by atoms with Gasteiger partial charge in [-0.25, -0.2) is 14.6 Å². The highest BCUT2D eigenvalue weighted by Crippen LogP contribution is 2.13. The van der Waals surface area contributed by atoms with Gasteiger partial charge in [-0.15, -0.1) is 0 Å². The second-order valence-corrected chi connectivity index (χ2v) is 5.13. The third kappa shape index (κ3) is 5.65. The first-order valence-electron chi connectivity index (χ1n) is 6.18. The second-order valence-electron chi connectivity index (χ2n) is 5.13. The van der Waals surface area contributed by atoms with Gasteiger partial charge in [0.15, 0.2) is 0 Å². The van der Waals surface area contributed by atoms with E-state index in [0.717, 1.165) is 6.20 Å². The lowest BCUT2D eigenvalue weighted by atomic mass is 10.1. The van der Waals surface area contributed by atoms with Crippen molar-refractivity contribution in [3.8, 4) is 0 Å². The molecule has 0 aromatic carbocycles. The summed E-state index contributed by atoms with van der Waals surface area (Å²) in [4.78, 5) is 15.5. The van der Waals surface area contributed by atoms with Crippen molar-refractivity contribution in [2.24, 2.45) is 0 Å². The Labute approximate surface area is 112 Å². The number of hydrogen-bond donors (Lipinski definition) is 2. The third-order valence-electron chi connectivity index (χ3n) is 2.26. The molecule has 1 amide bonds. The molecule has 0 radical (unpaired) electrons. The van der Waals surface area contributed by atoms with Gasteiger partial charge in [-0.3, -0.25) is 10.4 Å². The van der Waals surface area contributed by atoms with Gasteiger partial charge in [0.2, 0.25) is 0 Å². The van der Waals surface area contributed by atoms with Crippen LogP contribution >= 0.6 is 0 Å². The zero-order valence-electron chi connectivity index (χ0n) is 11.7. The number of halogens is 1. The Kier molecular flexibility index (Phi) is 5.23. The quantitative estimate of drug-likeness (QED) is 0.825. The summed E-state index contributed by atoms with van der Waals surface area (Å²) >= 11 is 0. The van der Waals surface area contributed by atoms with Gasteiger partial charge in [-0.1, -0.05) is 6.92 Å². The number of hydrogen-bond acceptors (Lipinski definition) is 4. The van der Waals surface area contributed by atoms with Crippen LogP contribution in [0, 0.1) is 5.82 Å². The van der Waals surface area contributed by atoms with Crippen LogP contribution in [0.1, 0.15) is 45.9 Å². The van der Waals surface area contributed by atoms with Crippen LogP contribution < -0.4 is 10.9 Å². The molecule has 19 heavy (non-hydrogen) atoms. The SMILES string of the molecule is CCC(NNC(=O)OC(C)(C)C)c1ccc(F)cn1. The summed E-state index contributed by atoms with van der Waals surface area (Å²) in [6.07, 6.45) is 1.27. The first kappa shape index (κ1) is 15.4. The Balaban J connectivity index is 2.54. The number of rotatable bonds is 4. The van der Waals surface area contributed by atoms with E-state index in [-0.39, 0.29) is 6.04 Å². The molecule has 6 heteroatoms. The molecule has 0 aliphatic carbocycles. The maximum absolute atomic E-state index is 12.8. The van der Waals surface area contributed by atoms with Crippen molar-refractivity contribution in [1.29, 1.82) is 0 Å². The van der Waals surface area contributed by atoms with Crippen molar-refractivity contribution >= 4 is 6.09 Å². The summed E-state index contributed by atoms with van der Waals surface area (Å²) in [7, 11) is 0. The van der Waals surface area contributed by atoms with E-state index in [9.17, 15) is 9.18 Å². The summed E-state index contributed by atoms with van der Waals surface area (Å²) in [5.74, 6) is -0.390. The highest BCUT2D eigenvalue weighted by Gasteiger charge is 2.17. The highest BCUT2D eigenvalue weighted by atomic mass is 19.1. The van der Waals surface area contributed by atoms with Crippen LogP contribution in [0.3, 0.4) is 0 Å². The fraction of sp³-hybridized carbons (Fsp3) is 0.538. The van der Waals surface area contributed by atoms with Gasteiger partial charge >= 0.3 is 6.09 Å². The molecular weight excluding hydrogens is 249 g/mol. The summed E-state index contributed by atoms with van der Waals surface area (Å²) in [6, 6.07) is 2.71. The summed E-state index contributed by atoms with van der Waals surface area (Å²) in [5.41, 5.74) is 5.38. The number of amides is 1. The van der Waals surface area contributed by atoms with Crippen molar-refractivity contribution in [3.05, 3.63) is 29.8 Å². The molecule has 0 fully saturated rings. The Morgan fingerprint density at radius 1 is 1.47 bits per heavy atom. The minimum absolute atomic E-state index is 0.201. The monoisotopic (exact) mass is 269 g/mol. The summed E-state index contributed by atoms with van der Waals surface area (Å²) in [5, 5.41) is 0. The van der Waals surface area contributed by atoms with Crippen LogP contribution in [0.25, 0.3) is 0 Å². The first-order chi connectivity index (χ1) is 8.81. The molecule has 1 aromatic heterocycles. The molecule has 0 aliphatic rings. The molecule has 106 valence electrons. The van der Waals surface area contributed by atoms with Crippen LogP contribution in [-0.2, 0) is 4.74 Å². The van der Waals surface area contributed by atoms with E-state index < -0.39 is 17.5 Å². The van der Waals surface area contributed by atoms with Gasteiger partial charge < -0.3 is 4.74 Å². The molecule has 1 atom stereocenters. The summed E-state index contributed by atoms with van der Waals surface area (Å²) in [6.45, 7) is 7.28. The predicted molar refractivity (Wildman–Crippen MR) is 69.7 cm³/mol. The average molecular weight is 269 g/mol. The van der Waals surface area contributed by atoms with E-state index in [2.05, 4.69) is 15.8 Å². The molecule has 1 heterocycles. The number of nitrogens with zero attached hydrogens (tertiary/aromatic N) is 1. The summed E-state index contributed by atoms with van der Waals surface area (Å²) < 4.78 is 17.9. The predicted octanol–water partition coefficient (Wildman–Crippen LogP) is 2.70. The third-order valence-corrected chi connectivity index (χ3v) is 2.26. The average Bonchev–Trinajstić information content (AvgIpc) is 2.29. The van der Waals surface area contributed by atoms with Crippen molar-refractivity contribution in [3.63, 3.8) is 0 Å². The normalized spacial score (nSPS) is 12.9. The lowest BCUT2D eigenvalue weighted by Gasteiger charge is -2.22. The van der Waals surface area contributed by atoms with E-state index in [0.29, 0.717) is 12.1 Å². The van der Waals surface area contributed by atoms with Crippen molar-refractivity contribution < 1.29 is 13.9 Å². The fourth-order valence-electron chi connectivity index (χ4n) is 1.43. The van der Waals surface area contributed by atoms with E-state index >= 15 is 0 Å². The van der Waals surface area contributed by atoms with Crippen molar-refractivity contribution in [2.45, 2.75) is 45.8 Å². The Hall–Kier alpha value is -1.69. The number of carbonyl (C=O) groups is 1. The number of pyridine rings is 1. The molecule has 5 nitrogen and oxygen atoms in total. The number of aromatic nitrogens is 1. The minimum Gasteiger partial charge on any atom is -0.443 e. The van der Waals surface area contributed by atoms with Crippen LogP contribution in [0.4, 0.5) is 9.18 Å². The Morgan fingerprint density at radius 2 is 2.16 bits per heavy atom. The standard InChI is InChI=1S/C13H20FN3O2/c1-5-10(11-7-6-9(14)8-15-11)16-17-12(18)19-13(2,3)4/h6-8,10,16H,5H2,1-4H3,(H,17,18). The minimum atomic E-state index is -0.562. The molecule has 0 bridgehead atoms. The van der Waals surface area contributed by atoms with Gasteiger partial charge in [-0.05, 0) is 39.3 Å². The van der Waals surface area contributed by atoms with Gasteiger partial charge in [0.25, 0.3) is 0 Å². The molecule has 0 saturated heterocycles. The second kappa shape index (κ2) is 6.47. The zero-order valence-corrected chi connectivity index (χ0v) is 11.7. The maximum atomic E-state index is 12.8. The number of nitrogens with one attached hydrogen (secondary N) is 2. The molecule has 2 N–H and O–H groups in total. The van der Waals surface area contributed by atoms with E-state index in [1.54, 1.807) is 26.8 Å². The molecule has 0 aliphatic heterocycles. The van der Waals surface area contributed by atoms with Crippen molar-refractivity contribution in [2.75, 3.05) is 0 Å². The first-order valence-corrected chi connectivity index (χ1v) is 6.18. The Morgan fingerprint density at radius 3 is 2.63 bits per heavy atom. The molecule has 1 aromatic rings. The number of hydrazine groups is 1. The van der Waals surface area contributed by atoms with Crippen LogP contribution in [0.15, 0.2) is 18.3 Å². The zero-order chi connectivity index (χ0) is 14.5. The molecule has 1 rings (SSSR count). The molecule has 0 spiro atoms. The van der Waals surface area contributed by atoms with Crippen molar-refractivity contribution in [1.82, 2.24) is 15.8 Å². The largest absolute Gasteiger partial charge is 0.443 e. The van der Waals surface area contributed by atoms with Gasteiger partial charge in [-0.2, -0.15) is 0 Å². The van der Waals surface area contributed by atoms with Gasteiger partial charge in [0.05, 0.1) is 17.9 Å². The Bertz CT molecular complexity index is 415. The highest BCUT2D eigenvalue weighted by molar-refractivity contribution is 5.67. The van der Waals surface area contributed by atoms with Gasteiger partial charge in [0.1, 0.15) is 11.4 Å². The molecule has 1 unspecified atom stereocenters. The van der Waals surface area contributed by atoms with E-state index in [1.165, 1.54) is 6.07 Å². The van der Waals surface area contributed by atoms with Crippen LogP contribution in [0.2, 0.25) is 0 Å². The lowest BCUT2D eigenvalue weighted by molar-refractivity contribution is 0.0486. The topological polar surface area (TPSA) is 63.2 Å². The van der Waals surface area contributed by atoms with Crippen LogP contribution in [0.5, 0.6) is 0 Å². The molecular formula is C13H20FN3O2. The number of ether oxygens (including phenoxy) is 1. The van der Waals surface area contributed by atoms with Gasteiger partial charge in [0, 0.05) is 0 Å². The smallest absolute Gasteiger partial charge is 0.422 e. The maximum Gasteiger partial charge on any atom is 0.422 e. The van der Waals surface area contributed by atoms with E-state index in [1.807, 2.05) is 6.92 Å².